The number of nitrogens with one attached hydrogen (secondary N) is 3. The van der Waals surface area contributed by atoms with Crippen molar-refractivity contribution in [3.05, 3.63) is 76.8 Å². The molecule has 2 heterocycles. The summed E-state index contributed by atoms with van der Waals surface area (Å²) in [6.45, 7) is 11.4. The highest BCUT2D eigenvalue weighted by Gasteiger charge is 2.23. The van der Waals surface area contributed by atoms with E-state index in [2.05, 4.69) is 30.5 Å². The molecule has 2 aromatic heterocycles. The molecule has 2 aromatic carbocycles. The van der Waals surface area contributed by atoms with Crippen molar-refractivity contribution in [2.45, 2.75) is 52.7 Å². The molecule has 3 N–H and O–H groups in total. The van der Waals surface area contributed by atoms with E-state index in [0.717, 1.165) is 34.9 Å². The topological polar surface area (TPSA) is 131 Å². The lowest BCUT2D eigenvalue weighted by molar-refractivity contribution is 0.134. The zero-order valence-electron chi connectivity index (χ0n) is 22.8. The SMILES string of the molecule is CCNc1cc(NCc2ccc(-c3ccccc3S(=O)(=O)Nc3noc(C)c3C)c(COCC)c2)nc(C)n1. The minimum atomic E-state index is -3.95. The molecule has 0 aliphatic heterocycles. The Kier molecular flexibility index (Phi) is 8.82. The van der Waals surface area contributed by atoms with Crippen LogP contribution in [0.2, 0.25) is 0 Å². The summed E-state index contributed by atoms with van der Waals surface area (Å²) in [6.07, 6.45) is 0. The van der Waals surface area contributed by atoms with Gasteiger partial charge in [-0.05, 0) is 57.4 Å². The Labute approximate surface area is 229 Å². The Hall–Kier alpha value is -3.96. The number of aryl methyl sites for hydroxylation is 2. The molecule has 0 aliphatic rings. The molecule has 4 rings (SSSR count). The summed E-state index contributed by atoms with van der Waals surface area (Å²) in [5.41, 5.74) is 3.86. The Morgan fingerprint density at radius 2 is 1.67 bits per heavy atom. The third-order valence-electron chi connectivity index (χ3n) is 6.16. The molecule has 4 aromatic rings. The number of anilines is 3. The Morgan fingerprint density at radius 1 is 0.923 bits per heavy atom. The highest BCUT2D eigenvalue weighted by atomic mass is 32.2. The first-order valence-corrected chi connectivity index (χ1v) is 14.3. The molecule has 11 heteroatoms. The van der Waals surface area contributed by atoms with E-state index >= 15 is 0 Å². The van der Waals surface area contributed by atoms with Crippen molar-refractivity contribution in [3.8, 4) is 11.1 Å². The summed E-state index contributed by atoms with van der Waals surface area (Å²) in [6, 6.07) is 14.7. The van der Waals surface area contributed by atoms with E-state index in [4.69, 9.17) is 9.26 Å². The number of hydrogen-bond acceptors (Lipinski definition) is 9. The third kappa shape index (κ3) is 6.73. The molecule has 0 fully saturated rings. The molecule has 0 atom stereocenters. The highest BCUT2D eigenvalue weighted by molar-refractivity contribution is 7.92. The lowest BCUT2D eigenvalue weighted by Crippen LogP contribution is -2.15. The molecule has 0 bridgehead atoms. The van der Waals surface area contributed by atoms with Crippen LogP contribution in [0.1, 0.15) is 42.1 Å². The summed E-state index contributed by atoms with van der Waals surface area (Å²) in [4.78, 5) is 9.01. The van der Waals surface area contributed by atoms with Gasteiger partial charge in [0.15, 0.2) is 5.82 Å². The maximum Gasteiger partial charge on any atom is 0.263 e. The number of benzene rings is 2. The summed E-state index contributed by atoms with van der Waals surface area (Å²) in [5, 5.41) is 10.4. The Balaban J connectivity index is 1.65. The minimum Gasteiger partial charge on any atom is -0.377 e. The van der Waals surface area contributed by atoms with E-state index < -0.39 is 10.0 Å². The second kappa shape index (κ2) is 12.3. The van der Waals surface area contributed by atoms with Crippen molar-refractivity contribution in [2.75, 3.05) is 28.5 Å². The van der Waals surface area contributed by atoms with E-state index in [1.165, 1.54) is 0 Å². The van der Waals surface area contributed by atoms with Gasteiger partial charge in [0.05, 0.1) is 11.5 Å². The molecule has 206 valence electrons. The van der Waals surface area contributed by atoms with Gasteiger partial charge in [-0.15, -0.1) is 0 Å². The van der Waals surface area contributed by atoms with Crippen molar-refractivity contribution in [3.63, 3.8) is 0 Å². The van der Waals surface area contributed by atoms with Gasteiger partial charge in [0, 0.05) is 36.9 Å². The number of sulfonamides is 1. The monoisotopic (exact) mass is 550 g/mol. The van der Waals surface area contributed by atoms with E-state index in [1.54, 1.807) is 32.0 Å². The van der Waals surface area contributed by atoms with Gasteiger partial charge in [-0.2, -0.15) is 0 Å². The zero-order valence-corrected chi connectivity index (χ0v) is 23.6. The molecule has 0 saturated carbocycles. The maximum atomic E-state index is 13.5. The van der Waals surface area contributed by atoms with Crippen LogP contribution in [0.5, 0.6) is 0 Å². The van der Waals surface area contributed by atoms with Gasteiger partial charge >= 0.3 is 0 Å². The van der Waals surface area contributed by atoms with E-state index in [1.807, 2.05) is 51.1 Å². The van der Waals surface area contributed by atoms with Gasteiger partial charge in [0.25, 0.3) is 10.0 Å². The lowest BCUT2D eigenvalue weighted by Gasteiger charge is -2.16. The van der Waals surface area contributed by atoms with E-state index in [-0.39, 0.29) is 10.7 Å². The number of ether oxygens (including phenoxy) is 1. The first kappa shape index (κ1) is 28.1. The molecular weight excluding hydrogens is 516 g/mol. The van der Waals surface area contributed by atoms with Crippen LogP contribution in [0.25, 0.3) is 11.1 Å². The summed E-state index contributed by atoms with van der Waals surface area (Å²) in [5.74, 6) is 2.89. The van der Waals surface area contributed by atoms with Crippen molar-refractivity contribution in [1.82, 2.24) is 15.1 Å². The first-order valence-electron chi connectivity index (χ1n) is 12.8. The number of hydrogen-bond donors (Lipinski definition) is 3. The van der Waals surface area contributed by atoms with Gasteiger partial charge in [-0.1, -0.05) is 41.6 Å². The Bertz CT molecular complexity index is 1550. The van der Waals surface area contributed by atoms with Crippen LogP contribution in [-0.2, 0) is 27.9 Å². The molecular formula is C28H34N6O4S. The second-order valence-electron chi connectivity index (χ2n) is 9.01. The number of aromatic nitrogens is 3. The van der Waals surface area contributed by atoms with Crippen LogP contribution in [0.15, 0.2) is 57.9 Å². The summed E-state index contributed by atoms with van der Waals surface area (Å²) in [7, 11) is -3.95. The molecule has 10 nitrogen and oxygen atoms in total. The maximum absolute atomic E-state index is 13.5. The molecule has 0 amide bonds. The molecule has 0 radical (unpaired) electrons. The van der Waals surface area contributed by atoms with Crippen LogP contribution in [0.3, 0.4) is 0 Å². The van der Waals surface area contributed by atoms with E-state index in [9.17, 15) is 8.42 Å². The highest BCUT2D eigenvalue weighted by Crippen LogP contribution is 2.33. The standard InChI is InChI=1S/C28H34N6O4S/c1-6-29-26-15-27(32-20(5)31-26)30-16-21-12-13-23(22(14-21)17-37-7-2)24-10-8-9-11-25(24)39(35,36)34-28-18(3)19(4)38-33-28/h8-15H,6-7,16-17H2,1-5H3,(H,33,34)(H2,29,30,31,32). The summed E-state index contributed by atoms with van der Waals surface area (Å²) >= 11 is 0. The number of rotatable bonds is 12. The zero-order chi connectivity index (χ0) is 28.0. The molecule has 0 saturated heterocycles. The second-order valence-corrected chi connectivity index (χ2v) is 10.7. The van der Waals surface area contributed by atoms with Crippen LogP contribution in [0, 0.1) is 20.8 Å². The average molecular weight is 551 g/mol. The van der Waals surface area contributed by atoms with Crippen LogP contribution in [0.4, 0.5) is 17.5 Å². The molecule has 0 unspecified atom stereocenters. The van der Waals surface area contributed by atoms with Gasteiger partial charge in [-0.25, -0.2) is 18.4 Å². The summed E-state index contributed by atoms with van der Waals surface area (Å²) < 4.78 is 40.4. The molecule has 0 aliphatic carbocycles. The van der Waals surface area contributed by atoms with E-state index in [0.29, 0.717) is 42.5 Å². The smallest absolute Gasteiger partial charge is 0.263 e. The largest absolute Gasteiger partial charge is 0.377 e. The van der Waals surface area contributed by atoms with Crippen LogP contribution in [-0.4, -0.2) is 36.7 Å². The fourth-order valence-corrected chi connectivity index (χ4v) is 5.37. The van der Waals surface area contributed by atoms with Crippen LogP contribution < -0.4 is 15.4 Å². The van der Waals surface area contributed by atoms with Gasteiger partial charge in [0.2, 0.25) is 0 Å². The minimum absolute atomic E-state index is 0.140. The number of nitrogens with zero attached hydrogens (tertiary/aromatic N) is 3. The normalized spacial score (nSPS) is 11.4. The molecule has 0 spiro atoms. The Morgan fingerprint density at radius 3 is 2.36 bits per heavy atom. The van der Waals surface area contributed by atoms with Crippen molar-refractivity contribution in [1.29, 1.82) is 0 Å². The predicted octanol–water partition coefficient (Wildman–Crippen LogP) is 5.44. The average Bonchev–Trinajstić information content (AvgIpc) is 3.22. The predicted molar refractivity (Wildman–Crippen MR) is 152 cm³/mol. The van der Waals surface area contributed by atoms with Crippen LogP contribution >= 0.6 is 0 Å². The van der Waals surface area contributed by atoms with Crippen molar-refractivity contribution < 1.29 is 17.7 Å². The fourth-order valence-electron chi connectivity index (χ4n) is 4.09. The van der Waals surface area contributed by atoms with Crippen molar-refractivity contribution >= 4 is 27.5 Å². The van der Waals surface area contributed by atoms with Gasteiger partial charge < -0.3 is 19.9 Å². The van der Waals surface area contributed by atoms with Crippen molar-refractivity contribution in [2.24, 2.45) is 0 Å². The molecule has 39 heavy (non-hydrogen) atoms. The first-order chi connectivity index (χ1) is 18.7. The lowest BCUT2D eigenvalue weighted by atomic mass is 9.97. The third-order valence-corrected chi connectivity index (χ3v) is 7.55. The van der Waals surface area contributed by atoms with Gasteiger partial charge in [-0.3, -0.25) is 4.72 Å². The fraction of sp³-hybridized carbons (Fsp3) is 0.321. The van der Waals surface area contributed by atoms with Gasteiger partial charge in [0.1, 0.15) is 23.2 Å². The quantitative estimate of drug-likeness (QED) is 0.211.